The van der Waals surface area contributed by atoms with Crippen molar-refractivity contribution in [2.45, 2.75) is 13.8 Å². The van der Waals surface area contributed by atoms with Crippen molar-refractivity contribution in [2.24, 2.45) is 0 Å². The lowest BCUT2D eigenvalue weighted by Gasteiger charge is -2.07. The minimum Gasteiger partial charge on any atom is -0.319 e. The smallest absolute Gasteiger partial charge is 0.295 e. The summed E-state index contributed by atoms with van der Waals surface area (Å²) in [5.74, 6) is -0.366. The monoisotopic (exact) mass is 420 g/mol. The van der Waals surface area contributed by atoms with Crippen molar-refractivity contribution in [1.29, 1.82) is 0 Å². The van der Waals surface area contributed by atoms with Gasteiger partial charge < -0.3 is 5.32 Å². The van der Waals surface area contributed by atoms with Crippen LogP contribution in [0.5, 0.6) is 0 Å². The number of carbonyl (C=O) groups excluding carboxylic acids is 1. The Hall–Kier alpha value is -3.51. The van der Waals surface area contributed by atoms with Gasteiger partial charge in [-0.3, -0.25) is 4.79 Å². The molecule has 0 radical (unpaired) electrons. The highest BCUT2D eigenvalue weighted by Gasteiger charge is 2.19. The van der Waals surface area contributed by atoms with E-state index < -0.39 is 5.91 Å². The minimum atomic E-state index is -0.432. The highest BCUT2D eigenvalue weighted by Crippen LogP contribution is 2.23. The maximum Gasteiger partial charge on any atom is 0.295 e. The Kier molecular flexibility index (Phi) is 5.33. The summed E-state index contributed by atoms with van der Waals surface area (Å²) < 4.78 is 14.9. The molecule has 0 aliphatic heterocycles. The normalized spacial score (nSPS) is 10.8. The summed E-state index contributed by atoms with van der Waals surface area (Å²) in [7, 11) is 0. The van der Waals surface area contributed by atoms with Crippen LogP contribution in [0.4, 0.5) is 10.1 Å². The number of hydrogen-bond acceptors (Lipinski definition) is 3. The van der Waals surface area contributed by atoms with E-state index in [2.05, 4.69) is 15.4 Å². The lowest BCUT2D eigenvalue weighted by molar-refractivity contribution is 0.101. The average molecular weight is 421 g/mol. The van der Waals surface area contributed by atoms with E-state index >= 15 is 0 Å². The van der Waals surface area contributed by atoms with Crippen LogP contribution in [0, 0.1) is 19.7 Å². The Morgan fingerprint density at radius 1 is 1.00 bits per heavy atom. The number of aryl methyl sites for hydroxylation is 2. The Balaban J connectivity index is 1.75. The summed E-state index contributed by atoms with van der Waals surface area (Å²) >= 11 is 5.99. The topological polar surface area (TPSA) is 59.8 Å². The first-order chi connectivity index (χ1) is 14.4. The number of nitrogens with zero attached hydrogens (tertiary/aromatic N) is 3. The second-order valence-corrected chi connectivity index (χ2v) is 7.36. The first-order valence-electron chi connectivity index (χ1n) is 9.28. The molecule has 4 aromatic rings. The summed E-state index contributed by atoms with van der Waals surface area (Å²) in [6, 6.07) is 18.6. The Morgan fingerprint density at radius 2 is 1.70 bits per heavy atom. The van der Waals surface area contributed by atoms with Gasteiger partial charge in [-0.2, -0.15) is 0 Å². The van der Waals surface area contributed by atoms with Crippen molar-refractivity contribution in [3.8, 4) is 17.1 Å². The van der Waals surface area contributed by atoms with Crippen LogP contribution in [0.3, 0.4) is 0 Å². The van der Waals surface area contributed by atoms with Gasteiger partial charge in [0, 0.05) is 16.3 Å². The molecule has 0 aliphatic carbocycles. The van der Waals surface area contributed by atoms with E-state index in [1.54, 1.807) is 41.1 Å². The zero-order valence-electron chi connectivity index (χ0n) is 16.4. The molecule has 0 fully saturated rings. The van der Waals surface area contributed by atoms with E-state index in [9.17, 15) is 9.18 Å². The van der Waals surface area contributed by atoms with Gasteiger partial charge in [-0.25, -0.2) is 14.1 Å². The number of rotatable bonds is 4. The molecule has 4 rings (SSSR count). The van der Waals surface area contributed by atoms with E-state index in [0.29, 0.717) is 27.8 Å². The zero-order chi connectivity index (χ0) is 21.3. The molecule has 0 aliphatic rings. The molecule has 1 N–H and O–H groups in total. The molecule has 0 saturated carbocycles. The van der Waals surface area contributed by atoms with Crippen molar-refractivity contribution in [3.63, 3.8) is 0 Å². The zero-order valence-corrected chi connectivity index (χ0v) is 17.1. The molecule has 0 atom stereocenters. The molecule has 0 bridgehead atoms. The van der Waals surface area contributed by atoms with Gasteiger partial charge in [0.1, 0.15) is 5.82 Å². The van der Waals surface area contributed by atoms with Crippen molar-refractivity contribution in [1.82, 2.24) is 14.8 Å². The standard InChI is InChI=1S/C23H18ClFN4O/c1-14-3-12-20(15(2)13-14)26-23(30)21-27-22(16-4-8-18(25)9-5-16)29(28-21)19-10-6-17(24)7-11-19/h3-13H,1-2H3,(H,26,30). The van der Waals surface area contributed by atoms with Gasteiger partial charge in [0.15, 0.2) is 5.82 Å². The average Bonchev–Trinajstić information content (AvgIpc) is 3.17. The van der Waals surface area contributed by atoms with E-state index in [4.69, 9.17) is 11.6 Å². The van der Waals surface area contributed by atoms with Crippen LogP contribution < -0.4 is 5.32 Å². The molecule has 5 nitrogen and oxygen atoms in total. The molecule has 1 aromatic heterocycles. The molecular formula is C23H18ClFN4O. The van der Waals surface area contributed by atoms with Crippen LogP contribution in [0.15, 0.2) is 66.7 Å². The Labute approximate surface area is 178 Å². The van der Waals surface area contributed by atoms with Crippen LogP contribution >= 0.6 is 11.6 Å². The molecule has 0 unspecified atom stereocenters. The summed E-state index contributed by atoms with van der Waals surface area (Å²) in [4.78, 5) is 17.3. The Bertz CT molecular complexity index is 1150. The number of carbonyl (C=O) groups is 1. The molecule has 7 heteroatoms. The van der Waals surface area contributed by atoms with Crippen LogP contribution in [0.2, 0.25) is 5.02 Å². The highest BCUT2D eigenvalue weighted by atomic mass is 35.5. The molecule has 0 spiro atoms. The maximum atomic E-state index is 13.4. The largest absolute Gasteiger partial charge is 0.319 e. The van der Waals surface area contributed by atoms with E-state index in [1.165, 1.54) is 12.1 Å². The second-order valence-electron chi connectivity index (χ2n) is 6.93. The second kappa shape index (κ2) is 8.08. The van der Waals surface area contributed by atoms with Gasteiger partial charge in [0.2, 0.25) is 5.82 Å². The third kappa shape index (κ3) is 4.09. The summed E-state index contributed by atoms with van der Waals surface area (Å²) in [5.41, 5.74) is 4.05. The summed E-state index contributed by atoms with van der Waals surface area (Å²) in [6.07, 6.45) is 0. The van der Waals surface area contributed by atoms with Gasteiger partial charge in [0.25, 0.3) is 5.91 Å². The number of hydrogen-bond donors (Lipinski definition) is 1. The van der Waals surface area contributed by atoms with Crippen LogP contribution in [0.25, 0.3) is 17.1 Å². The fourth-order valence-electron chi connectivity index (χ4n) is 3.09. The van der Waals surface area contributed by atoms with Crippen LogP contribution in [-0.4, -0.2) is 20.7 Å². The predicted octanol–water partition coefficient (Wildman–Crippen LogP) is 5.60. The van der Waals surface area contributed by atoms with Gasteiger partial charge in [-0.05, 0) is 74.0 Å². The lowest BCUT2D eigenvalue weighted by Crippen LogP contribution is -2.15. The van der Waals surface area contributed by atoms with Gasteiger partial charge >= 0.3 is 0 Å². The van der Waals surface area contributed by atoms with Gasteiger partial charge in [-0.15, -0.1) is 5.10 Å². The van der Waals surface area contributed by atoms with Crippen molar-refractivity contribution >= 4 is 23.2 Å². The molecule has 30 heavy (non-hydrogen) atoms. The van der Waals surface area contributed by atoms with E-state index in [0.717, 1.165) is 11.1 Å². The number of halogens is 2. The number of nitrogens with one attached hydrogen (secondary N) is 1. The third-order valence-corrected chi connectivity index (χ3v) is 4.87. The highest BCUT2D eigenvalue weighted by molar-refractivity contribution is 6.30. The van der Waals surface area contributed by atoms with Gasteiger partial charge in [-0.1, -0.05) is 29.3 Å². The summed E-state index contributed by atoms with van der Waals surface area (Å²) in [5, 5.41) is 7.84. The number of anilines is 1. The van der Waals surface area contributed by atoms with Crippen molar-refractivity contribution in [2.75, 3.05) is 5.32 Å². The van der Waals surface area contributed by atoms with Gasteiger partial charge in [0.05, 0.1) is 5.69 Å². The molecule has 1 heterocycles. The molecule has 150 valence electrons. The predicted molar refractivity (Wildman–Crippen MR) is 116 cm³/mol. The fourth-order valence-corrected chi connectivity index (χ4v) is 3.21. The number of benzene rings is 3. The van der Waals surface area contributed by atoms with Crippen LogP contribution in [-0.2, 0) is 0 Å². The minimum absolute atomic E-state index is 0.00394. The van der Waals surface area contributed by atoms with E-state index in [-0.39, 0.29) is 11.6 Å². The van der Waals surface area contributed by atoms with Crippen molar-refractivity contribution < 1.29 is 9.18 Å². The number of aromatic nitrogens is 3. The quantitative estimate of drug-likeness (QED) is 0.467. The van der Waals surface area contributed by atoms with E-state index in [1.807, 2.05) is 32.0 Å². The lowest BCUT2D eigenvalue weighted by atomic mass is 10.1. The first kappa shape index (κ1) is 19.8. The summed E-state index contributed by atoms with van der Waals surface area (Å²) in [6.45, 7) is 3.91. The molecule has 1 amide bonds. The van der Waals surface area contributed by atoms with Crippen LogP contribution in [0.1, 0.15) is 21.7 Å². The maximum absolute atomic E-state index is 13.4. The molecular weight excluding hydrogens is 403 g/mol. The third-order valence-electron chi connectivity index (χ3n) is 4.61. The van der Waals surface area contributed by atoms with Crippen molar-refractivity contribution in [3.05, 3.63) is 94.5 Å². The molecule has 0 saturated heterocycles. The molecule has 3 aromatic carbocycles. The number of amides is 1. The Morgan fingerprint density at radius 3 is 2.37 bits per heavy atom. The SMILES string of the molecule is Cc1ccc(NC(=O)c2nc(-c3ccc(F)cc3)n(-c3ccc(Cl)cc3)n2)c(C)c1. The fraction of sp³-hybridized carbons (Fsp3) is 0.0870. The first-order valence-corrected chi connectivity index (χ1v) is 9.66.